The number of ether oxygens (including phenoxy) is 1. The van der Waals surface area contributed by atoms with Crippen molar-refractivity contribution < 1.29 is 9.26 Å². The molecule has 0 amide bonds. The molecule has 2 unspecified atom stereocenters. The van der Waals surface area contributed by atoms with Crippen LogP contribution in [0.5, 0.6) is 5.75 Å². The van der Waals surface area contributed by atoms with Gasteiger partial charge in [0.2, 0.25) is 5.89 Å². The van der Waals surface area contributed by atoms with E-state index in [4.69, 9.17) is 9.26 Å². The zero-order chi connectivity index (χ0) is 15.2. The Morgan fingerprint density at radius 1 is 1.33 bits per heavy atom. The third kappa shape index (κ3) is 3.61. The van der Waals surface area contributed by atoms with Gasteiger partial charge in [0, 0.05) is 18.0 Å². The molecule has 0 aliphatic heterocycles. The highest BCUT2D eigenvalue weighted by Crippen LogP contribution is 2.24. The van der Waals surface area contributed by atoms with Crippen LogP contribution in [-0.4, -0.2) is 30.3 Å². The minimum Gasteiger partial charge on any atom is -0.496 e. The van der Waals surface area contributed by atoms with Gasteiger partial charge in [0.25, 0.3) is 0 Å². The number of likely N-dealkylation sites (N-methyl/N-ethyl adjacent to an activating group) is 1. The Labute approximate surface area is 125 Å². The van der Waals surface area contributed by atoms with E-state index in [1.54, 1.807) is 7.11 Å². The van der Waals surface area contributed by atoms with Gasteiger partial charge >= 0.3 is 0 Å². The van der Waals surface area contributed by atoms with Crippen molar-refractivity contribution in [2.45, 2.75) is 38.6 Å². The Bertz CT molecular complexity index is 568. The molecular weight excluding hydrogens is 266 g/mol. The lowest BCUT2D eigenvalue weighted by atomic mass is 9.98. The molecule has 0 saturated carbocycles. The Morgan fingerprint density at radius 3 is 2.76 bits per heavy atom. The monoisotopic (exact) mass is 289 g/mol. The van der Waals surface area contributed by atoms with E-state index in [-0.39, 0.29) is 5.92 Å². The van der Waals surface area contributed by atoms with Crippen LogP contribution in [0.25, 0.3) is 0 Å². The van der Waals surface area contributed by atoms with Crippen molar-refractivity contribution in [1.82, 2.24) is 15.5 Å². The molecule has 114 valence electrons. The fourth-order valence-corrected chi connectivity index (χ4v) is 2.45. The first-order valence-electron chi connectivity index (χ1n) is 7.31. The minimum atomic E-state index is 0.230. The maximum Gasteiger partial charge on any atom is 0.231 e. The quantitative estimate of drug-likeness (QED) is 0.849. The van der Waals surface area contributed by atoms with Crippen molar-refractivity contribution in [3.05, 3.63) is 41.5 Å². The molecule has 0 aliphatic carbocycles. The first kappa shape index (κ1) is 15.5. The Hall–Kier alpha value is -1.88. The van der Waals surface area contributed by atoms with Crippen molar-refractivity contribution in [2.24, 2.45) is 0 Å². The van der Waals surface area contributed by atoms with E-state index < -0.39 is 0 Å². The molecule has 1 heterocycles. The number of nitrogens with one attached hydrogen (secondary N) is 1. The fraction of sp³-hybridized carbons (Fsp3) is 0.500. The van der Waals surface area contributed by atoms with Gasteiger partial charge in [0.1, 0.15) is 5.75 Å². The number of hydrogen-bond donors (Lipinski definition) is 1. The third-order valence-corrected chi connectivity index (χ3v) is 3.84. The van der Waals surface area contributed by atoms with Crippen LogP contribution in [0.3, 0.4) is 0 Å². The van der Waals surface area contributed by atoms with Crippen LogP contribution in [0.2, 0.25) is 0 Å². The van der Waals surface area contributed by atoms with E-state index in [2.05, 4.69) is 29.3 Å². The molecule has 2 atom stereocenters. The summed E-state index contributed by atoms with van der Waals surface area (Å²) in [5.74, 6) is 2.47. The summed E-state index contributed by atoms with van der Waals surface area (Å²) in [6, 6.07) is 8.19. The van der Waals surface area contributed by atoms with Gasteiger partial charge in [-0.2, -0.15) is 4.98 Å². The minimum absolute atomic E-state index is 0.230. The van der Waals surface area contributed by atoms with Gasteiger partial charge in [-0.25, -0.2) is 0 Å². The van der Waals surface area contributed by atoms with Gasteiger partial charge in [-0.1, -0.05) is 30.3 Å². The van der Waals surface area contributed by atoms with E-state index in [1.807, 2.05) is 31.3 Å². The van der Waals surface area contributed by atoms with Gasteiger partial charge in [0.15, 0.2) is 5.82 Å². The summed E-state index contributed by atoms with van der Waals surface area (Å²) >= 11 is 0. The lowest BCUT2D eigenvalue weighted by Gasteiger charge is -2.17. The SMILES string of the molecule is CCC(c1nc(Cc2ccccc2OC)no1)C(C)NC. The molecule has 1 aromatic heterocycles. The summed E-state index contributed by atoms with van der Waals surface area (Å²) in [6.45, 7) is 4.25. The average molecular weight is 289 g/mol. The summed E-state index contributed by atoms with van der Waals surface area (Å²) in [4.78, 5) is 4.55. The van der Waals surface area contributed by atoms with Crippen LogP contribution in [0.1, 0.15) is 43.5 Å². The van der Waals surface area contributed by atoms with Gasteiger partial charge in [-0.3, -0.25) is 0 Å². The number of para-hydroxylation sites is 1. The second kappa shape index (κ2) is 7.22. The van der Waals surface area contributed by atoms with Gasteiger partial charge in [0.05, 0.1) is 13.0 Å². The molecule has 1 aromatic carbocycles. The Balaban J connectivity index is 2.16. The summed E-state index contributed by atoms with van der Waals surface area (Å²) < 4.78 is 10.8. The van der Waals surface area contributed by atoms with Crippen LogP contribution in [0, 0.1) is 0 Å². The third-order valence-electron chi connectivity index (χ3n) is 3.84. The predicted molar refractivity (Wildman–Crippen MR) is 81.7 cm³/mol. The van der Waals surface area contributed by atoms with E-state index in [0.29, 0.717) is 24.2 Å². The zero-order valence-electron chi connectivity index (χ0n) is 13.1. The molecule has 0 radical (unpaired) electrons. The van der Waals surface area contributed by atoms with Gasteiger partial charge in [-0.15, -0.1) is 0 Å². The largest absolute Gasteiger partial charge is 0.496 e. The molecule has 0 spiro atoms. The molecule has 5 heteroatoms. The second-order valence-electron chi connectivity index (χ2n) is 5.13. The Morgan fingerprint density at radius 2 is 2.10 bits per heavy atom. The van der Waals surface area contributed by atoms with E-state index >= 15 is 0 Å². The molecule has 1 N–H and O–H groups in total. The molecule has 0 saturated heterocycles. The number of methoxy groups -OCH3 is 1. The first-order valence-corrected chi connectivity index (χ1v) is 7.31. The molecule has 0 fully saturated rings. The highest BCUT2D eigenvalue weighted by molar-refractivity contribution is 5.35. The van der Waals surface area contributed by atoms with E-state index in [0.717, 1.165) is 17.7 Å². The second-order valence-corrected chi connectivity index (χ2v) is 5.13. The van der Waals surface area contributed by atoms with Crippen LogP contribution in [0.15, 0.2) is 28.8 Å². The van der Waals surface area contributed by atoms with Crippen molar-refractivity contribution in [3.8, 4) is 5.75 Å². The van der Waals surface area contributed by atoms with Crippen LogP contribution < -0.4 is 10.1 Å². The van der Waals surface area contributed by atoms with Gasteiger partial charge in [-0.05, 0) is 26.5 Å². The van der Waals surface area contributed by atoms with Crippen molar-refractivity contribution in [1.29, 1.82) is 0 Å². The van der Waals surface area contributed by atoms with Crippen LogP contribution >= 0.6 is 0 Å². The lowest BCUT2D eigenvalue weighted by Crippen LogP contribution is -2.28. The van der Waals surface area contributed by atoms with Crippen molar-refractivity contribution >= 4 is 0 Å². The van der Waals surface area contributed by atoms with Crippen molar-refractivity contribution in [2.75, 3.05) is 14.2 Å². The highest BCUT2D eigenvalue weighted by Gasteiger charge is 2.22. The summed E-state index contributed by atoms with van der Waals surface area (Å²) in [7, 11) is 3.61. The van der Waals surface area contributed by atoms with E-state index in [1.165, 1.54) is 0 Å². The predicted octanol–water partition coefficient (Wildman–Crippen LogP) is 2.77. The van der Waals surface area contributed by atoms with Crippen molar-refractivity contribution in [3.63, 3.8) is 0 Å². The van der Waals surface area contributed by atoms with Gasteiger partial charge < -0.3 is 14.6 Å². The molecule has 21 heavy (non-hydrogen) atoms. The Kier molecular flexibility index (Phi) is 5.33. The molecule has 2 aromatic rings. The summed E-state index contributed by atoms with van der Waals surface area (Å²) in [6.07, 6.45) is 1.57. The summed E-state index contributed by atoms with van der Waals surface area (Å²) in [5.41, 5.74) is 1.06. The number of nitrogens with zero attached hydrogens (tertiary/aromatic N) is 2. The molecule has 0 aliphatic rings. The normalized spacial score (nSPS) is 13.9. The zero-order valence-corrected chi connectivity index (χ0v) is 13.1. The smallest absolute Gasteiger partial charge is 0.231 e. The first-order chi connectivity index (χ1) is 10.2. The molecular formula is C16H23N3O2. The highest BCUT2D eigenvalue weighted by atomic mass is 16.5. The lowest BCUT2D eigenvalue weighted by molar-refractivity contribution is 0.320. The topological polar surface area (TPSA) is 60.2 Å². The van der Waals surface area contributed by atoms with Crippen LogP contribution in [0.4, 0.5) is 0 Å². The molecule has 2 rings (SSSR count). The number of benzene rings is 1. The van der Waals surface area contributed by atoms with Crippen LogP contribution in [-0.2, 0) is 6.42 Å². The van der Waals surface area contributed by atoms with E-state index in [9.17, 15) is 0 Å². The fourth-order valence-electron chi connectivity index (χ4n) is 2.45. The maximum atomic E-state index is 5.44. The maximum absolute atomic E-state index is 5.44. The summed E-state index contributed by atoms with van der Waals surface area (Å²) in [5, 5.41) is 7.35. The average Bonchev–Trinajstić information content (AvgIpc) is 2.96. The standard InChI is InChI=1S/C16H23N3O2/c1-5-13(11(2)17-3)16-18-15(19-21-16)10-12-8-6-7-9-14(12)20-4/h6-9,11,13,17H,5,10H2,1-4H3. The molecule has 0 bridgehead atoms. The molecule has 5 nitrogen and oxygen atoms in total. The number of aromatic nitrogens is 2. The number of hydrogen-bond acceptors (Lipinski definition) is 5. The number of rotatable bonds is 7.